The van der Waals surface area contributed by atoms with Crippen molar-refractivity contribution in [1.29, 1.82) is 0 Å². The second-order valence-corrected chi connectivity index (χ2v) is 5.82. The van der Waals surface area contributed by atoms with Gasteiger partial charge in [0.25, 0.3) is 5.24 Å². The fourth-order valence-corrected chi connectivity index (χ4v) is 2.49. The van der Waals surface area contributed by atoms with E-state index >= 15 is 0 Å². The molecule has 1 heterocycles. The molecular weight excluding hydrogens is 372 g/mol. The Labute approximate surface area is 160 Å². The number of aromatic nitrogens is 2. The van der Waals surface area contributed by atoms with Gasteiger partial charge < -0.3 is 18.7 Å². The lowest BCUT2D eigenvalue weighted by atomic mass is 10.2. The molecule has 0 atom stereocenters. The van der Waals surface area contributed by atoms with E-state index in [4.69, 9.17) is 30.3 Å². The zero-order valence-electron chi connectivity index (χ0n) is 14.8. The molecule has 0 aliphatic carbocycles. The standard InChI is InChI=1S/C19H17ClN2O5/c1-24-14-6-3-12(4-7-14)19-21-17(27-22-19)9-10-26-16-11-13(18(20)23)5-8-15(16)25-2/h3-8,11H,9-10H2,1-2H3. The third-order valence-corrected chi connectivity index (χ3v) is 4.00. The topological polar surface area (TPSA) is 83.7 Å². The average Bonchev–Trinajstić information content (AvgIpc) is 3.16. The van der Waals surface area contributed by atoms with Crippen molar-refractivity contribution in [2.24, 2.45) is 0 Å². The zero-order valence-corrected chi connectivity index (χ0v) is 15.5. The molecule has 0 radical (unpaired) electrons. The summed E-state index contributed by atoms with van der Waals surface area (Å²) in [5.74, 6) is 2.59. The lowest BCUT2D eigenvalue weighted by Gasteiger charge is -2.10. The molecule has 27 heavy (non-hydrogen) atoms. The van der Waals surface area contributed by atoms with Gasteiger partial charge in [-0.25, -0.2) is 0 Å². The number of carbonyl (C=O) groups is 1. The Morgan fingerprint density at radius 2 is 1.85 bits per heavy atom. The van der Waals surface area contributed by atoms with E-state index in [0.717, 1.165) is 11.3 Å². The quantitative estimate of drug-likeness (QED) is 0.543. The van der Waals surface area contributed by atoms with Gasteiger partial charge in [-0.05, 0) is 54.1 Å². The maximum Gasteiger partial charge on any atom is 0.252 e. The van der Waals surface area contributed by atoms with Crippen molar-refractivity contribution < 1.29 is 23.5 Å². The lowest BCUT2D eigenvalue weighted by molar-refractivity contribution is 0.108. The van der Waals surface area contributed by atoms with Gasteiger partial charge in [0.2, 0.25) is 11.7 Å². The van der Waals surface area contributed by atoms with Gasteiger partial charge in [0.15, 0.2) is 11.5 Å². The number of hydrogen-bond acceptors (Lipinski definition) is 7. The van der Waals surface area contributed by atoms with E-state index in [-0.39, 0.29) is 6.61 Å². The first-order valence-corrected chi connectivity index (χ1v) is 8.46. The van der Waals surface area contributed by atoms with Gasteiger partial charge in [-0.2, -0.15) is 4.98 Å². The van der Waals surface area contributed by atoms with Crippen molar-refractivity contribution in [3.8, 4) is 28.6 Å². The van der Waals surface area contributed by atoms with Crippen molar-refractivity contribution in [1.82, 2.24) is 10.1 Å². The van der Waals surface area contributed by atoms with E-state index < -0.39 is 5.24 Å². The van der Waals surface area contributed by atoms with E-state index in [1.165, 1.54) is 13.2 Å². The highest BCUT2D eigenvalue weighted by Crippen LogP contribution is 2.29. The summed E-state index contributed by atoms with van der Waals surface area (Å²) in [6.45, 7) is 0.264. The maximum atomic E-state index is 11.3. The summed E-state index contributed by atoms with van der Waals surface area (Å²) in [5, 5.41) is 3.40. The third-order valence-electron chi connectivity index (χ3n) is 3.78. The molecule has 1 aromatic heterocycles. The number of ether oxygens (including phenoxy) is 3. The molecule has 0 aliphatic rings. The molecular formula is C19H17ClN2O5. The first-order valence-electron chi connectivity index (χ1n) is 8.08. The van der Waals surface area contributed by atoms with Crippen LogP contribution in [-0.2, 0) is 6.42 Å². The summed E-state index contributed by atoms with van der Waals surface area (Å²) in [6.07, 6.45) is 0.394. The molecule has 140 valence electrons. The molecule has 7 nitrogen and oxygen atoms in total. The smallest absolute Gasteiger partial charge is 0.252 e. The number of methoxy groups -OCH3 is 2. The Morgan fingerprint density at radius 1 is 1.07 bits per heavy atom. The van der Waals surface area contributed by atoms with Gasteiger partial charge in [-0.15, -0.1) is 0 Å². The Balaban J connectivity index is 1.63. The molecule has 0 spiro atoms. The van der Waals surface area contributed by atoms with Crippen LogP contribution in [0.15, 0.2) is 47.0 Å². The molecule has 0 saturated heterocycles. The number of hydrogen-bond donors (Lipinski definition) is 0. The zero-order chi connectivity index (χ0) is 19.2. The van der Waals surface area contributed by atoms with E-state index in [2.05, 4.69) is 10.1 Å². The predicted octanol–water partition coefficient (Wildman–Crippen LogP) is 3.75. The summed E-state index contributed by atoms with van der Waals surface area (Å²) < 4.78 is 21.3. The average molecular weight is 389 g/mol. The fraction of sp³-hybridized carbons (Fsp3) is 0.211. The summed E-state index contributed by atoms with van der Waals surface area (Å²) in [6, 6.07) is 12.1. The van der Waals surface area contributed by atoms with Crippen molar-refractivity contribution in [2.75, 3.05) is 20.8 Å². The van der Waals surface area contributed by atoms with Crippen LogP contribution in [0.1, 0.15) is 16.2 Å². The SMILES string of the molecule is COc1ccc(-c2noc(CCOc3cc(C(=O)Cl)ccc3OC)n2)cc1. The van der Waals surface area contributed by atoms with Gasteiger partial charge in [0.1, 0.15) is 5.75 Å². The number of benzene rings is 2. The highest BCUT2D eigenvalue weighted by molar-refractivity contribution is 6.67. The molecule has 0 saturated carbocycles. The van der Waals surface area contributed by atoms with Gasteiger partial charge in [0.05, 0.1) is 27.2 Å². The summed E-state index contributed by atoms with van der Waals surface area (Å²) >= 11 is 5.50. The van der Waals surface area contributed by atoms with Crippen molar-refractivity contribution in [3.05, 3.63) is 53.9 Å². The summed E-state index contributed by atoms with van der Waals surface area (Å²) in [7, 11) is 3.12. The third kappa shape index (κ3) is 4.57. The maximum absolute atomic E-state index is 11.3. The highest BCUT2D eigenvalue weighted by atomic mass is 35.5. The first kappa shape index (κ1) is 18.7. The monoisotopic (exact) mass is 388 g/mol. The Hall–Kier alpha value is -3.06. The van der Waals surface area contributed by atoms with Crippen LogP contribution in [0.25, 0.3) is 11.4 Å². The normalized spacial score (nSPS) is 10.5. The molecule has 2 aromatic carbocycles. The van der Waals surface area contributed by atoms with Crippen LogP contribution in [-0.4, -0.2) is 36.2 Å². The van der Waals surface area contributed by atoms with Crippen LogP contribution >= 0.6 is 11.6 Å². The minimum atomic E-state index is -0.566. The Kier molecular flexibility index (Phi) is 5.93. The van der Waals surface area contributed by atoms with Gasteiger partial charge >= 0.3 is 0 Å². The van der Waals surface area contributed by atoms with E-state index in [0.29, 0.717) is 35.2 Å². The van der Waals surface area contributed by atoms with E-state index in [1.54, 1.807) is 19.2 Å². The van der Waals surface area contributed by atoms with Crippen LogP contribution in [0.2, 0.25) is 0 Å². The summed E-state index contributed by atoms with van der Waals surface area (Å²) in [4.78, 5) is 15.6. The second-order valence-electron chi connectivity index (χ2n) is 5.48. The van der Waals surface area contributed by atoms with Gasteiger partial charge in [0, 0.05) is 11.1 Å². The highest BCUT2D eigenvalue weighted by Gasteiger charge is 2.12. The Bertz CT molecular complexity index is 924. The van der Waals surface area contributed by atoms with Crippen molar-refractivity contribution in [2.45, 2.75) is 6.42 Å². The van der Waals surface area contributed by atoms with Crippen molar-refractivity contribution in [3.63, 3.8) is 0 Å². The summed E-state index contributed by atoms with van der Waals surface area (Å²) in [5.41, 5.74) is 1.15. The largest absolute Gasteiger partial charge is 0.497 e. The lowest BCUT2D eigenvalue weighted by Crippen LogP contribution is -2.04. The van der Waals surface area contributed by atoms with Gasteiger partial charge in [-0.1, -0.05) is 5.16 Å². The van der Waals surface area contributed by atoms with Crippen molar-refractivity contribution >= 4 is 16.8 Å². The number of nitrogens with zero attached hydrogens (tertiary/aromatic N) is 2. The molecule has 0 fully saturated rings. The molecule has 0 aliphatic heterocycles. The molecule has 3 aromatic rings. The fourth-order valence-electron chi connectivity index (χ4n) is 2.37. The molecule has 0 unspecified atom stereocenters. The van der Waals surface area contributed by atoms with Crippen LogP contribution in [0.5, 0.6) is 17.2 Å². The van der Waals surface area contributed by atoms with Gasteiger partial charge in [-0.3, -0.25) is 4.79 Å². The number of carbonyl (C=O) groups excluding carboxylic acids is 1. The number of halogens is 1. The minimum absolute atomic E-state index is 0.264. The molecule has 3 rings (SSSR count). The van der Waals surface area contributed by atoms with Crippen LogP contribution < -0.4 is 14.2 Å². The second kappa shape index (κ2) is 8.55. The molecule has 0 bridgehead atoms. The predicted molar refractivity (Wildman–Crippen MR) is 98.7 cm³/mol. The number of rotatable bonds is 8. The van der Waals surface area contributed by atoms with E-state index in [9.17, 15) is 4.79 Å². The minimum Gasteiger partial charge on any atom is -0.497 e. The molecule has 8 heteroatoms. The van der Waals surface area contributed by atoms with Crippen LogP contribution in [0.4, 0.5) is 0 Å². The Morgan fingerprint density at radius 3 is 2.52 bits per heavy atom. The van der Waals surface area contributed by atoms with E-state index in [1.807, 2.05) is 24.3 Å². The first-order chi connectivity index (χ1) is 13.1. The van der Waals surface area contributed by atoms with Crippen LogP contribution in [0.3, 0.4) is 0 Å². The van der Waals surface area contributed by atoms with Crippen LogP contribution in [0, 0.1) is 0 Å². The molecule has 0 N–H and O–H groups in total. The molecule has 0 amide bonds.